The van der Waals surface area contributed by atoms with Crippen LogP contribution in [0, 0.1) is 13.8 Å². The van der Waals surface area contributed by atoms with E-state index in [1.54, 1.807) is 6.07 Å². The lowest BCUT2D eigenvalue weighted by molar-refractivity contribution is 0.0950. The van der Waals surface area contributed by atoms with Gasteiger partial charge in [0.15, 0.2) is 11.5 Å². The number of hydrogen-bond donors (Lipinski definition) is 1. The average Bonchev–Trinajstić information content (AvgIpc) is 2.78. The first-order valence-corrected chi connectivity index (χ1v) is 7.88. The summed E-state index contributed by atoms with van der Waals surface area (Å²) in [5.74, 6) is 1.27. The summed E-state index contributed by atoms with van der Waals surface area (Å²) in [7, 11) is 0. The Labute approximate surface area is 136 Å². The van der Waals surface area contributed by atoms with Crippen molar-refractivity contribution in [2.24, 2.45) is 0 Å². The standard InChI is InChI=1S/C19H21NO3/c1-13-6-3-4-7-15(13)12-20-19(21)16-11-18-17(10-14(16)2)22-8-5-9-23-18/h3-4,6-7,10-11H,5,8-9,12H2,1-2H3,(H,20,21). The molecule has 1 aliphatic heterocycles. The highest BCUT2D eigenvalue weighted by Gasteiger charge is 2.17. The zero-order chi connectivity index (χ0) is 16.2. The minimum Gasteiger partial charge on any atom is -0.490 e. The summed E-state index contributed by atoms with van der Waals surface area (Å²) in [5.41, 5.74) is 3.80. The van der Waals surface area contributed by atoms with Gasteiger partial charge in [0.05, 0.1) is 13.2 Å². The van der Waals surface area contributed by atoms with Crippen LogP contribution in [0.2, 0.25) is 0 Å². The predicted molar refractivity (Wildman–Crippen MR) is 89.1 cm³/mol. The maximum absolute atomic E-state index is 12.5. The van der Waals surface area contributed by atoms with Crippen LogP contribution in [0.3, 0.4) is 0 Å². The number of benzene rings is 2. The van der Waals surface area contributed by atoms with Crippen LogP contribution in [0.1, 0.15) is 33.5 Å². The minimum absolute atomic E-state index is 0.0959. The second kappa shape index (κ2) is 6.73. The van der Waals surface area contributed by atoms with Gasteiger partial charge in [0.2, 0.25) is 0 Å². The number of ether oxygens (including phenoxy) is 2. The minimum atomic E-state index is -0.0959. The van der Waals surface area contributed by atoms with Gasteiger partial charge in [-0.15, -0.1) is 0 Å². The van der Waals surface area contributed by atoms with Gasteiger partial charge in [-0.3, -0.25) is 4.79 Å². The van der Waals surface area contributed by atoms with E-state index >= 15 is 0 Å². The number of nitrogens with one attached hydrogen (secondary N) is 1. The molecule has 2 aromatic carbocycles. The van der Waals surface area contributed by atoms with Crippen LogP contribution in [-0.2, 0) is 6.54 Å². The predicted octanol–water partition coefficient (Wildman–Crippen LogP) is 3.39. The smallest absolute Gasteiger partial charge is 0.251 e. The van der Waals surface area contributed by atoms with Gasteiger partial charge in [0.25, 0.3) is 5.91 Å². The van der Waals surface area contributed by atoms with Crippen molar-refractivity contribution in [2.45, 2.75) is 26.8 Å². The van der Waals surface area contributed by atoms with Crippen molar-refractivity contribution in [2.75, 3.05) is 13.2 Å². The number of aryl methyl sites for hydroxylation is 2. The molecule has 0 bridgehead atoms. The Morgan fingerprint density at radius 3 is 2.48 bits per heavy atom. The van der Waals surface area contributed by atoms with Gasteiger partial charge >= 0.3 is 0 Å². The van der Waals surface area contributed by atoms with Gasteiger partial charge < -0.3 is 14.8 Å². The summed E-state index contributed by atoms with van der Waals surface area (Å²) >= 11 is 0. The summed E-state index contributed by atoms with van der Waals surface area (Å²) in [5, 5.41) is 2.98. The fourth-order valence-corrected chi connectivity index (χ4v) is 2.63. The number of amides is 1. The first-order valence-electron chi connectivity index (χ1n) is 7.88. The number of carbonyl (C=O) groups is 1. The van der Waals surface area contributed by atoms with E-state index < -0.39 is 0 Å². The molecular formula is C19H21NO3. The maximum atomic E-state index is 12.5. The molecule has 1 N–H and O–H groups in total. The quantitative estimate of drug-likeness (QED) is 0.945. The van der Waals surface area contributed by atoms with Crippen LogP contribution in [-0.4, -0.2) is 19.1 Å². The van der Waals surface area contributed by atoms with Crippen molar-refractivity contribution in [3.8, 4) is 11.5 Å². The lowest BCUT2D eigenvalue weighted by Gasteiger charge is -2.13. The summed E-state index contributed by atoms with van der Waals surface area (Å²) in [6, 6.07) is 11.7. The van der Waals surface area contributed by atoms with Crippen molar-refractivity contribution in [3.05, 3.63) is 58.7 Å². The molecule has 0 spiro atoms. The molecule has 1 aliphatic rings. The van der Waals surface area contributed by atoms with Gasteiger partial charge in [-0.1, -0.05) is 24.3 Å². The molecule has 0 atom stereocenters. The van der Waals surface area contributed by atoms with E-state index in [0.717, 1.165) is 23.3 Å². The molecule has 3 rings (SSSR count). The van der Waals surface area contributed by atoms with Crippen LogP contribution in [0.25, 0.3) is 0 Å². The van der Waals surface area contributed by atoms with Gasteiger partial charge in [0, 0.05) is 18.5 Å². The van der Waals surface area contributed by atoms with Crippen LogP contribution >= 0.6 is 0 Å². The fourth-order valence-electron chi connectivity index (χ4n) is 2.63. The molecule has 0 radical (unpaired) electrons. The third kappa shape index (κ3) is 3.47. The van der Waals surface area contributed by atoms with Crippen LogP contribution < -0.4 is 14.8 Å². The van der Waals surface area contributed by atoms with E-state index in [9.17, 15) is 4.79 Å². The van der Waals surface area contributed by atoms with Crippen molar-refractivity contribution >= 4 is 5.91 Å². The molecule has 0 saturated carbocycles. The Morgan fingerprint density at radius 2 is 1.74 bits per heavy atom. The van der Waals surface area contributed by atoms with E-state index in [4.69, 9.17) is 9.47 Å². The topological polar surface area (TPSA) is 47.6 Å². The number of hydrogen-bond acceptors (Lipinski definition) is 3. The van der Waals surface area contributed by atoms with Crippen molar-refractivity contribution in [1.82, 2.24) is 5.32 Å². The molecule has 0 fully saturated rings. The maximum Gasteiger partial charge on any atom is 0.251 e. The Balaban J connectivity index is 1.77. The zero-order valence-electron chi connectivity index (χ0n) is 13.5. The highest BCUT2D eigenvalue weighted by molar-refractivity contribution is 5.96. The van der Waals surface area contributed by atoms with E-state index in [2.05, 4.69) is 5.32 Å². The molecule has 1 amide bonds. The summed E-state index contributed by atoms with van der Waals surface area (Å²) in [6.07, 6.45) is 0.850. The number of fused-ring (bicyclic) bond motifs is 1. The lowest BCUT2D eigenvalue weighted by Crippen LogP contribution is -2.24. The molecule has 0 aliphatic carbocycles. The molecule has 2 aromatic rings. The highest BCUT2D eigenvalue weighted by Crippen LogP contribution is 2.32. The van der Waals surface area contributed by atoms with E-state index in [1.807, 2.05) is 44.2 Å². The second-order valence-electron chi connectivity index (χ2n) is 5.77. The Hall–Kier alpha value is -2.49. The van der Waals surface area contributed by atoms with Crippen LogP contribution in [0.5, 0.6) is 11.5 Å². The molecular weight excluding hydrogens is 290 g/mol. The third-order valence-corrected chi connectivity index (χ3v) is 4.04. The summed E-state index contributed by atoms with van der Waals surface area (Å²) in [6.45, 7) is 5.72. The third-order valence-electron chi connectivity index (χ3n) is 4.04. The second-order valence-corrected chi connectivity index (χ2v) is 5.77. The number of carbonyl (C=O) groups excluding carboxylic acids is 1. The SMILES string of the molecule is Cc1ccccc1CNC(=O)c1cc2c(cc1C)OCCCO2. The monoisotopic (exact) mass is 311 g/mol. The zero-order valence-corrected chi connectivity index (χ0v) is 13.5. The molecule has 0 unspecified atom stereocenters. The molecule has 0 aromatic heterocycles. The fraction of sp³-hybridized carbons (Fsp3) is 0.316. The first kappa shape index (κ1) is 15.4. The normalized spacial score (nSPS) is 13.3. The summed E-state index contributed by atoms with van der Waals surface area (Å²) in [4.78, 5) is 12.5. The molecule has 23 heavy (non-hydrogen) atoms. The van der Waals surface area contributed by atoms with Crippen LogP contribution in [0.4, 0.5) is 0 Å². The molecule has 4 heteroatoms. The van der Waals surface area contributed by atoms with Gasteiger partial charge in [-0.2, -0.15) is 0 Å². The molecule has 0 saturated heterocycles. The van der Waals surface area contributed by atoms with Crippen molar-refractivity contribution in [3.63, 3.8) is 0 Å². The van der Waals surface area contributed by atoms with E-state index in [0.29, 0.717) is 31.1 Å². The highest BCUT2D eigenvalue weighted by atomic mass is 16.5. The van der Waals surface area contributed by atoms with Crippen molar-refractivity contribution in [1.29, 1.82) is 0 Å². The van der Waals surface area contributed by atoms with Gasteiger partial charge in [-0.05, 0) is 42.7 Å². The Bertz CT molecular complexity index is 725. The number of rotatable bonds is 3. The van der Waals surface area contributed by atoms with Gasteiger partial charge in [-0.25, -0.2) is 0 Å². The average molecular weight is 311 g/mol. The largest absolute Gasteiger partial charge is 0.490 e. The van der Waals surface area contributed by atoms with Crippen molar-refractivity contribution < 1.29 is 14.3 Å². The first-order chi connectivity index (χ1) is 11.1. The molecule has 120 valence electrons. The molecule has 1 heterocycles. The van der Waals surface area contributed by atoms with Crippen LogP contribution in [0.15, 0.2) is 36.4 Å². The lowest BCUT2D eigenvalue weighted by atomic mass is 10.1. The van der Waals surface area contributed by atoms with E-state index in [-0.39, 0.29) is 5.91 Å². The summed E-state index contributed by atoms with van der Waals surface area (Å²) < 4.78 is 11.3. The Kier molecular flexibility index (Phi) is 4.51. The van der Waals surface area contributed by atoms with E-state index in [1.165, 1.54) is 5.56 Å². The van der Waals surface area contributed by atoms with Gasteiger partial charge in [0.1, 0.15) is 0 Å². The molecule has 4 nitrogen and oxygen atoms in total. The Morgan fingerprint density at radius 1 is 1.04 bits per heavy atom.